The third-order valence-electron chi connectivity index (χ3n) is 4.60. The van der Waals surface area contributed by atoms with E-state index in [0.717, 1.165) is 42.6 Å². The van der Waals surface area contributed by atoms with Crippen LogP contribution in [0.3, 0.4) is 0 Å². The maximum absolute atomic E-state index is 12.8. The molecule has 1 N–H and O–H groups in total. The lowest BCUT2D eigenvalue weighted by molar-refractivity contribution is -0.128. The molecule has 1 amide bonds. The highest BCUT2D eigenvalue weighted by atomic mass is 32.2. The molecule has 8 heteroatoms. The first-order valence-electron chi connectivity index (χ1n) is 8.21. The summed E-state index contributed by atoms with van der Waals surface area (Å²) in [6.07, 6.45) is 5.20. The van der Waals surface area contributed by atoms with Crippen LogP contribution in [0.5, 0.6) is 5.75 Å². The van der Waals surface area contributed by atoms with E-state index in [1.165, 1.54) is 6.07 Å². The molecule has 0 aromatic heterocycles. The number of thiocarbonyl (C=S) groups is 1. The van der Waals surface area contributed by atoms with Gasteiger partial charge in [-0.25, -0.2) is 0 Å². The third kappa shape index (κ3) is 3.89. The number of alkyl halides is 2. The van der Waals surface area contributed by atoms with Gasteiger partial charge < -0.3 is 10.1 Å². The summed E-state index contributed by atoms with van der Waals surface area (Å²) in [4.78, 5) is 14.5. The predicted molar refractivity (Wildman–Crippen MR) is 98.1 cm³/mol. The Balaban J connectivity index is 1.83. The first-order valence-corrected chi connectivity index (χ1v) is 10.0. The second kappa shape index (κ2) is 7.86. The van der Waals surface area contributed by atoms with Crippen molar-refractivity contribution in [1.82, 2.24) is 10.2 Å². The van der Waals surface area contributed by atoms with Crippen LogP contribution in [0, 0.1) is 0 Å². The van der Waals surface area contributed by atoms with Gasteiger partial charge in [0.25, 0.3) is 5.91 Å². The molecule has 1 saturated heterocycles. The van der Waals surface area contributed by atoms with E-state index in [1.807, 2.05) is 6.26 Å². The minimum Gasteiger partial charge on any atom is -0.435 e. The molecule has 4 nitrogen and oxygen atoms in total. The van der Waals surface area contributed by atoms with E-state index in [4.69, 9.17) is 12.2 Å². The second-order valence-electron chi connectivity index (χ2n) is 6.14. The Morgan fingerprint density at radius 2 is 2.28 bits per heavy atom. The maximum Gasteiger partial charge on any atom is 0.387 e. The van der Waals surface area contributed by atoms with E-state index in [9.17, 15) is 13.6 Å². The van der Waals surface area contributed by atoms with Crippen LogP contribution in [0.25, 0.3) is 0 Å². The van der Waals surface area contributed by atoms with Crippen LogP contribution < -0.4 is 10.1 Å². The molecule has 1 fully saturated rings. The van der Waals surface area contributed by atoms with Crippen LogP contribution in [0.1, 0.15) is 36.4 Å². The van der Waals surface area contributed by atoms with Gasteiger partial charge in [0.2, 0.25) is 0 Å². The van der Waals surface area contributed by atoms with Gasteiger partial charge in [0.05, 0.1) is 6.04 Å². The number of amides is 1. The van der Waals surface area contributed by atoms with Crippen molar-refractivity contribution >= 4 is 35.0 Å². The number of nitrogens with one attached hydrogen (secondary N) is 1. The third-order valence-corrected chi connectivity index (χ3v) is 5.56. The van der Waals surface area contributed by atoms with Gasteiger partial charge in [-0.15, -0.1) is 0 Å². The van der Waals surface area contributed by atoms with Crippen LogP contribution in [-0.2, 0) is 11.2 Å². The zero-order chi connectivity index (χ0) is 18.0. The van der Waals surface area contributed by atoms with Gasteiger partial charge in [0.15, 0.2) is 5.11 Å². The number of carbonyl (C=O) groups is 1. The number of hydrogen-bond acceptors (Lipinski definition) is 4. The van der Waals surface area contributed by atoms with E-state index in [0.29, 0.717) is 5.11 Å². The van der Waals surface area contributed by atoms with Crippen molar-refractivity contribution in [3.63, 3.8) is 0 Å². The number of benzene rings is 1. The van der Waals surface area contributed by atoms with E-state index >= 15 is 0 Å². The molecule has 0 unspecified atom stereocenters. The second-order valence-corrected chi connectivity index (χ2v) is 7.51. The Morgan fingerprint density at radius 1 is 1.48 bits per heavy atom. The topological polar surface area (TPSA) is 41.6 Å². The number of hydrogen-bond donors (Lipinski definition) is 1. The molecule has 136 valence electrons. The highest BCUT2D eigenvalue weighted by Gasteiger charge is 2.41. The molecule has 0 bridgehead atoms. The number of rotatable bonds is 6. The summed E-state index contributed by atoms with van der Waals surface area (Å²) in [5, 5.41) is 3.58. The number of halogens is 2. The minimum atomic E-state index is -2.84. The fourth-order valence-corrected chi connectivity index (χ4v) is 4.32. The number of aryl methyl sites for hydroxylation is 1. The smallest absolute Gasteiger partial charge is 0.387 e. The summed E-state index contributed by atoms with van der Waals surface area (Å²) in [5.41, 5.74) is 1.91. The molecule has 3 rings (SSSR count). The molecule has 2 atom stereocenters. The molecule has 0 spiro atoms. The SMILES string of the molecule is CSCC[C@H]1NC(=S)N([C@H]2CCCc3cc(OC(F)F)ccc32)C1=O. The molecule has 2 aliphatic rings. The average molecular weight is 386 g/mol. The number of carbonyl (C=O) groups excluding carboxylic acids is 1. The largest absolute Gasteiger partial charge is 0.435 e. The van der Waals surface area contributed by atoms with E-state index in [1.54, 1.807) is 28.8 Å². The lowest BCUT2D eigenvalue weighted by Crippen LogP contribution is -2.37. The van der Waals surface area contributed by atoms with Crippen molar-refractivity contribution in [1.29, 1.82) is 0 Å². The van der Waals surface area contributed by atoms with Crippen LogP contribution >= 0.6 is 24.0 Å². The molecule has 0 saturated carbocycles. The van der Waals surface area contributed by atoms with Crippen LogP contribution in [0.4, 0.5) is 8.78 Å². The number of nitrogens with zero attached hydrogens (tertiary/aromatic N) is 1. The van der Waals surface area contributed by atoms with E-state index in [-0.39, 0.29) is 23.7 Å². The fraction of sp³-hybridized carbons (Fsp3) is 0.529. The predicted octanol–water partition coefficient (Wildman–Crippen LogP) is 3.50. The van der Waals surface area contributed by atoms with Crippen LogP contribution in [0.15, 0.2) is 18.2 Å². The standard InChI is InChI=1S/C17H20F2N2O2S2/c1-25-8-7-13-15(22)21(17(24)20-13)14-4-2-3-10-9-11(23-16(18)19)5-6-12(10)14/h5-6,9,13-14,16H,2-4,7-8H2,1H3,(H,20,24)/t13-,14+/m1/s1. The average Bonchev–Trinajstić information content (AvgIpc) is 2.85. The zero-order valence-electron chi connectivity index (χ0n) is 13.8. The van der Waals surface area contributed by atoms with Gasteiger partial charge in [-0.05, 0) is 73.2 Å². The van der Waals surface area contributed by atoms with Gasteiger partial charge in [-0.3, -0.25) is 9.69 Å². The molecular weight excluding hydrogens is 366 g/mol. The van der Waals surface area contributed by atoms with E-state index in [2.05, 4.69) is 10.1 Å². The number of fused-ring (bicyclic) bond motifs is 1. The van der Waals surface area contributed by atoms with Crippen LogP contribution in [-0.4, -0.2) is 40.6 Å². The van der Waals surface area contributed by atoms with Gasteiger partial charge in [0, 0.05) is 0 Å². The molecule has 1 heterocycles. The summed E-state index contributed by atoms with van der Waals surface area (Å²) >= 11 is 7.10. The van der Waals surface area contributed by atoms with Crippen molar-refractivity contribution in [2.45, 2.75) is 44.4 Å². The Hall–Kier alpha value is -1.41. The molecule has 25 heavy (non-hydrogen) atoms. The fourth-order valence-electron chi connectivity index (χ4n) is 3.48. The Bertz CT molecular complexity index is 672. The van der Waals surface area contributed by atoms with Gasteiger partial charge in [-0.2, -0.15) is 20.5 Å². The summed E-state index contributed by atoms with van der Waals surface area (Å²) in [6, 6.07) is 4.55. The van der Waals surface area contributed by atoms with Crippen molar-refractivity contribution in [3.8, 4) is 5.75 Å². The summed E-state index contributed by atoms with van der Waals surface area (Å²) in [5.74, 6) is 1.04. The van der Waals surface area contributed by atoms with Gasteiger partial charge in [0.1, 0.15) is 11.8 Å². The summed E-state index contributed by atoms with van der Waals surface area (Å²) in [7, 11) is 0. The molecule has 1 aromatic carbocycles. The molecule has 1 aliphatic heterocycles. The normalized spacial score (nSPS) is 23.0. The summed E-state index contributed by atoms with van der Waals surface area (Å²) in [6.45, 7) is -2.84. The van der Waals surface area contributed by atoms with E-state index < -0.39 is 6.61 Å². The highest BCUT2D eigenvalue weighted by molar-refractivity contribution is 7.98. The molecule has 0 radical (unpaired) electrons. The highest BCUT2D eigenvalue weighted by Crippen LogP contribution is 2.38. The lowest BCUT2D eigenvalue weighted by atomic mass is 9.86. The quantitative estimate of drug-likeness (QED) is 0.758. The number of thioether (sulfide) groups is 1. The van der Waals surface area contributed by atoms with Gasteiger partial charge >= 0.3 is 6.61 Å². The first-order chi connectivity index (χ1) is 12.0. The van der Waals surface area contributed by atoms with Crippen LogP contribution in [0.2, 0.25) is 0 Å². The van der Waals surface area contributed by atoms with Crippen molar-refractivity contribution in [3.05, 3.63) is 29.3 Å². The lowest BCUT2D eigenvalue weighted by Gasteiger charge is -2.32. The molecular formula is C17H20F2N2O2S2. The summed E-state index contributed by atoms with van der Waals surface area (Å²) < 4.78 is 29.3. The van der Waals surface area contributed by atoms with Gasteiger partial charge in [-0.1, -0.05) is 6.07 Å². The number of ether oxygens (including phenoxy) is 1. The Morgan fingerprint density at radius 3 is 3.00 bits per heavy atom. The Kier molecular flexibility index (Phi) is 5.78. The zero-order valence-corrected chi connectivity index (χ0v) is 15.5. The monoisotopic (exact) mass is 386 g/mol. The molecule has 1 aliphatic carbocycles. The molecule has 1 aromatic rings. The van der Waals surface area contributed by atoms with Crippen molar-refractivity contribution in [2.75, 3.05) is 12.0 Å². The minimum absolute atomic E-state index is 0.00445. The Labute approximate surface area is 155 Å². The first kappa shape index (κ1) is 18.4. The maximum atomic E-state index is 12.8. The van der Waals surface area contributed by atoms with Crippen molar-refractivity contribution in [2.24, 2.45) is 0 Å². The van der Waals surface area contributed by atoms with Crippen molar-refractivity contribution < 1.29 is 18.3 Å².